The minimum absolute atomic E-state index is 0.0548. The number of nitrogens with zero attached hydrogens (tertiary/aromatic N) is 1. The van der Waals surface area contributed by atoms with Gasteiger partial charge in [-0.1, -0.05) is 36.0 Å². The molecule has 1 atom stereocenters. The van der Waals surface area contributed by atoms with Gasteiger partial charge >= 0.3 is 0 Å². The quantitative estimate of drug-likeness (QED) is 0.719. The predicted molar refractivity (Wildman–Crippen MR) is 122 cm³/mol. The summed E-state index contributed by atoms with van der Waals surface area (Å²) < 4.78 is 10.6. The van der Waals surface area contributed by atoms with Crippen LogP contribution in [-0.4, -0.2) is 25.6 Å². The Bertz CT molecular complexity index is 959. The van der Waals surface area contributed by atoms with Crippen molar-refractivity contribution in [3.05, 3.63) is 76.5 Å². The number of thioether (sulfide) groups is 1. The molecule has 4 nitrogen and oxygen atoms in total. The third kappa shape index (κ3) is 4.20. The molecule has 1 aliphatic carbocycles. The van der Waals surface area contributed by atoms with Crippen LogP contribution in [0.1, 0.15) is 36.4 Å². The van der Waals surface area contributed by atoms with Gasteiger partial charge in [0.05, 0.1) is 14.2 Å². The molecule has 0 saturated carbocycles. The van der Waals surface area contributed by atoms with Crippen LogP contribution >= 0.6 is 11.8 Å². The molecule has 0 fully saturated rings. The van der Waals surface area contributed by atoms with E-state index < -0.39 is 0 Å². The molecule has 0 radical (unpaired) electrons. The summed E-state index contributed by atoms with van der Waals surface area (Å²) in [4.78, 5) is 5.00. The number of amidine groups is 1. The Hall–Kier alpha value is -2.66. The smallest absolute Gasteiger partial charge is 0.161 e. The zero-order chi connectivity index (χ0) is 20.2. The average molecular weight is 407 g/mol. The number of hydrogen-bond acceptors (Lipinski definition) is 5. The molecular formula is C24H26N2O2S. The first-order chi connectivity index (χ1) is 14.2. The van der Waals surface area contributed by atoms with Crippen molar-refractivity contribution in [1.82, 2.24) is 5.32 Å². The lowest BCUT2D eigenvalue weighted by molar-refractivity contribution is 0.414. The number of aliphatic imine (C=N–C) groups is 1. The summed E-state index contributed by atoms with van der Waals surface area (Å²) in [6.45, 7) is 0. The van der Waals surface area contributed by atoms with Gasteiger partial charge in [-0.3, -0.25) is 0 Å². The monoisotopic (exact) mass is 406 g/mol. The van der Waals surface area contributed by atoms with Gasteiger partial charge in [0.2, 0.25) is 0 Å². The number of allylic oxidation sites excluding steroid dienone is 1. The number of methoxy groups -OCH3 is 2. The van der Waals surface area contributed by atoms with Crippen LogP contribution in [0.3, 0.4) is 0 Å². The van der Waals surface area contributed by atoms with Gasteiger partial charge in [-0.2, -0.15) is 0 Å². The fourth-order valence-electron chi connectivity index (χ4n) is 3.91. The SMILES string of the molecule is COc1ccc(/C=C2/CCCC3=C2NC(SC)=N[C@@H]3c2ccc(OC)cc2)cc1. The normalized spacial score (nSPS) is 20.0. The minimum atomic E-state index is 0.0548. The summed E-state index contributed by atoms with van der Waals surface area (Å²) in [5.41, 5.74) is 6.35. The van der Waals surface area contributed by atoms with Gasteiger partial charge in [0, 0.05) is 5.70 Å². The van der Waals surface area contributed by atoms with Gasteiger partial charge in [-0.25, -0.2) is 4.99 Å². The maximum Gasteiger partial charge on any atom is 0.161 e. The van der Waals surface area contributed by atoms with E-state index >= 15 is 0 Å². The molecule has 5 heteroatoms. The molecule has 1 aliphatic heterocycles. The van der Waals surface area contributed by atoms with Crippen LogP contribution in [0.2, 0.25) is 0 Å². The summed E-state index contributed by atoms with van der Waals surface area (Å²) in [5, 5.41) is 4.56. The van der Waals surface area contributed by atoms with E-state index in [4.69, 9.17) is 14.5 Å². The number of nitrogens with one attached hydrogen (secondary N) is 1. The predicted octanol–water partition coefficient (Wildman–Crippen LogP) is 5.59. The first-order valence-electron chi connectivity index (χ1n) is 9.82. The molecule has 29 heavy (non-hydrogen) atoms. The minimum Gasteiger partial charge on any atom is -0.497 e. The summed E-state index contributed by atoms with van der Waals surface area (Å²) in [6.07, 6.45) is 7.62. The Kier molecular flexibility index (Phi) is 5.95. The zero-order valence-electron chi connectivity index (χ0n) is 17.1. The molecule has 0 amide bonds. The third-order valence-electron chi connectivity index (χ3n) is 5.42. The highest BCUT2D eigenvalue weighted by molar-refractivity contribution is 8.13. The molecule has 0 bridgehead atoms. The standard InChI is InChI=1S/C24H26N2O2S/c1-27-19-11-7-16(8-12-19)15-18-5-4-6-21-22(25-24(29-3)26-23(18)21)17-9-13-20(28-2)14-10-17/h7-15,22H,4-6H2,1-3H3,(H,25,26)/b18-15-/t22-/m1/s1. The van der Waals surface area contributed by atoms with Gasteiger partial charge in [0.1, 0.15) is 17.5 Å². The highest BCUT2D eigenvalue weighted by Gasteiger charge is 2.29. The van der Waals surface area contributed by atoms with Crippen LogP contribution in [0.4, 0.5) is 0 Å². The van der Waals surface area contributed by atoms with Gasteiger partial charge < -0.3 is 14.8 Å². The topological polar surface area (TPSA) is 42.8 Å². The van der Waals surface area contributed by atoms with Gasteiger partial charge in [0.25, 0.3) is 0 Å². The van der Waals surface area contributed by atoms with Crippen molar-refractivity contribution in [3.63, 3.8) is 0 Å². The Morgan fingerprint density at radius 1 is 0.966 bits per heavy atom. The molecule has 2 aliphatic rings. The number of rotatable bonds is 4. The van der Waals surface area contributed by atoms with Crippen molar-refractivity contribution in [2.45, 2.75) is 25.3 Å². The lowest BCUT2D eigenvalue weighted by atomic mass is 9.84. The van der Waals surface area contributed by atoms with E-state index in [2.05, 4.69) is 41.9 Å². The van der Waals surface area contributed by atoms with Crippen LogP contribution in [0.5, 0.6) is 11.5 Å². The zero-order valence-corrected chi connectivity index (χ0v) is 17.9. The summed E-state index contributed by atoms with van der Waals surface area (Å²) >= 11 is 1.66. The molecule has 0 unspecified atom stereocenters. The number of hydrogen-bond donors (Lipinski definition) is 1. The molecule has 2 aromatic rings. The van der Waals surface area contributed by atoms with Crippen molar-refractivity contribution < 1.29 is 9.47 Å². The van der Waals surface area contributed by atoms with Crippen molar-refractivity contribution in [1.29, 1.82) is 0 Å². The highest BCUT2D eigenvalue weighted by Crippen LogP contribution is 2.41. The van der Waals surface area contributed by atoms with Crippen LogP contribution in [0, 0.1) is 0 Å². The van der Waals surface area contributed by atoms with E-state index in [1.54, 1.807) is 26.0 Å². The molecule has 0 spiro atoms. The van der Waals surface area contributed by atoms with Crippen molar-refractivity contribution in [3.8, 4) is 11.5 Å². The number of ether oxygens (including phenoxy) is 2. The van der Waals surface area contributed by atoms with E-state index in [1.165, 1.54) is 28.0 Å². The summed E-state index contributed by atoms with van der Waals surface area (Å²) in [6, 6.07) is 16.6. The molecule has 4 rings (SSSR count). The Balaban J connectivity index is 1.72. The van der Waals surface area contributed by atoms with E-state index in [9.17, 15) is 0 Å². The van der Waals surface area contributed by atoms with Crippen molar-refractivity contribution in [2.75, 3.05) is 20.5 Å². The molecule has 0 aromatic heterocycles. The van der Waals surface area contributed by atoms with Crippen LogP contribution in [-0.2, 0) is 0 Å². The molecule has 0 saturated heterocycles. The first-order valence-corrected chi connectivity index (χ1v) is 11.0. The van der Waals surface area contributed by atoms with Crippen molar-refractivity contribution in [2.24, 2.45) is 4.99 Å². The van der Waals surface area contributed by atoms with E-state index in [1.807, 2.05) is 24.3 Å². The fraction of sp³-hybridized carbons (Fsp3) is 0.292. The molecule has 1 heterocycles. The van der Waals surface area contributed by atoms with Crippen molar-refractivity contribution >= 4 is 23.0 Å². The van der Waals surface area contributed by atoms with Crippen LogP contribution < -0.4 is 14.8 Å². The second-order valence-corrected chi connectivity index (χ2v) is 7.93. The average Bonchev–Trinajstić information content (AvgIpc) is 2.79. The second-order valence-electron chi connectivity index (χ2n) is 7.14. The van der Waals surface area contributed by atoms with Crippen LogP contribution in [0.25, 0.3) is 6.08 Å². The Labute approximate surface area is 176 Å². The third-order valence-corrected chi connectivity index (χ3v) is 6.02. The lowest BCUT2D eigenvalue weighted by Gasteiger charge is -2.32. The molecule has 150 valence electrons. The Morgan fingerprint density at radius 3 is 2.24 bits per heavy atom. The van der Waals surface area contributed by atoms with E-state index in [0.717, 1.165) is 35.9 Å². The maximum atomic E-state index is 5.32. The molecule has 1 N–H and O–H groups in total. The fourth-order valence-corrected chi connectivity index (χ4v) is 4.32. The van der Waals surface area contributed by atoms with Gasteiger partial charge in [0.15, 0.2) is 5.17 Å². The summed E-state index contributed by atoms with van der Waals surface area (Å²) in [5.74, 6) is 1.75. The number of benzene rings is 2. The van der Waals surface area contributed by atoms with Gasteiger partial charge in [-0.15, -0.1) is 0 Å². The summed E-state index contributed by atoms with van der Waals surface area (Å²) in [7, 11) is 3.39. The maximum absolute atomic E-state index is 5.32. The lowest BCUT2D eigenvalue weighted by Crippen LogP contribution is -2.30. The second kappa shape index (κ2) is 8.78. The molecular weight excluding hydrogens is 380 g/mol. The molecule has 2 aromatic carbocycles. The largest absolute Gasteiger partial charge is 0.497 e. The first kappa shape index (κ1) is 19.6. The van der Waals surface area contributed by atoms with Gasteiger partial charge in [-0.05, 0) is 78.1 Å². The van der Waals surface area contributed by atoms with E-state index in [-0.39, 0.29) is 6.04 Å². The Morgan fingerprint density at radius 2 is 1.62 bits per heavy atom. The highest BCUT2D eigenvalue weighted by atomic mass is 32.2. The van der Waals surface area contributed by atoms with Crippen LogP contribution in [0.15, 0.2) is 70.4 Å². The van der Waals surface area contributed by atoms with E-state index in [0.29, 0.717) is 0 Å².